The molecule has 0 aromatic heterocycles. The van der Waals surface area contributed by atoms with Crippen molar-refractivity contribution in [2.45, 2.75) is 74.5 Å². The van der Waals surface area contributed by atoms with E-state index in [4.69, 9.17) is 4.74 Å². The number of hydrogen-bond donors (Lipinski definition) is 2. The molecule has 0 unspecified atom stereocenters. The molecule has 34 heavy (non-hydrogen) atoms. The number of carbonyl (C=O) groups excluding carboxylic acids is 1. The highest BCUT2D eigenvalue weighted by Crippen LogP contribution is 2.68. The van der Waals surface area contributed by atoms with Gasteiger partial charge < -0.3 is 14.9 Å². The van der Waals surface area contributed by atoms with Gasteiger partial charge in [0.15, 0.2) is 23.4 Å². The predicted octanol–water partition coefficient (Wildman–Crippen LogP) is 3.31. The Morgan fingerprint density at radius 3 is 2.71 bits per heavy atom. The third-order valence-electron chi connectivity index (χ3n) is 10.4. The average Bonchev–Trinajstić information content (AvgIpc) is 3.57. The first-order valence-electron chi connectivity index (χ1n) is 13.0. The van der Waals surface area contributed by atoms with Gasteiger partial charge in [-0.1, -0.05) is 30.3 Å². The summed E-state index contributed by atoms with van der Waals surface area (Å²) in [4.78, 5) is 17.0. The van der Waals surface area contributed by atoms with Gasteiger partial charge >= 0.3 is 0 Å². The molecule has 2 aliphatic heterocycles. The number of rotatable bonds is 2. The van der Waals surface area contributed by atoms with E-state index in [2.05, 4.69) is 29.2 Å². The Kier molecular flexibility index (Phi) is 3.65. The highest BCUT2D eigenvalue weighted by molar-refractivity contribution is 5.95. The molecule has 1 saturated heterocycles. The highest BCUT2D eigenvalue weighted by atomic mass is 16.5. The number of likely N-dealkylation sites (tertiary alicyclic amines) is 1. The number of carbonyl (C=O) groups is 1. The minimum absolute atomic E-state index is 0.0157. The summed E-state index contributed by atoms with van der Waals surface area (Å²) >= 11 is 0. The molecule has 0 amide bonds. The fourth-order valence-electron chi connectivity index (χ4n) is 8.68. The van der Waals surface area contributed by atoms with Crippen LogP contribution in [0.4, 0.5) is 0 Å². The number of ether oxygens (including phenoxy) is 1. The van der Waals surface area contributed by atoms with Gasteiger partial charge in [-0.15, -0.1) is 0 Å². The van der Waals surface area contributed by atoms with Crippen LogP contribution in [0.2, 0.25) is 0 Å². The van der Waals surface area contributed by atoms with Gasteiger partial charge in [-0.05, 0) is 86.6 Å². The van der Waals surface area contributed by atoms with Gasteiger partial charge in [0.1, 0.15) is 0 Å². The number of hydrogen-bond acceptors (Lipinski definition) is 5. The molecule has 2 bridgehead atoms. The SMILES string of the molecule is O=C1[C@@H]2Oc3c(O)ccc4c3[C@@]23CCN(CC2CC2)[C@@H](C4)[C@]3(O)C[C@@]12CCc1ccccc1C2. The summed E-state index contributed by atoms with van der Waals surface area (Å²) in [5.74, 6) is 1.44. The summed E-state index contributed by atoms with van der Waals surface area (Å²) in [6.45, 7) is 1.92. The van der Waals surface area contributed by atoms with Crippen LogP contribution in [0.5, 0.6) is 11.5 Å². The fraction of sp³-hybridized carbons (Fsp3) is 0.552. The number of nitrogens with zero attached hydrogens (tertiary/aromatic N) is 1. The van der Waals surface area contributed by atoms with Crippen molar-refractivity contribution < 1.29 is 19.7 Å². The van der Waals surface area contributed by atoms with Crippen LogP contribution in [0, 0.1) is 11.3 Å². The number of aliphatic hydroxyl groups is 1. The number of fused-ring (bicyclic) bond motifs is 1. The standard InChI is InChI=1S/C29H31NO4/c31-21-8-7-19-13-22-29(33)16-27(10-9-18-3-1-2-4-20(18)14-27)25(32)26-28(29,23(19)24(21)34-26)11-12-30(22)15-17-5-6-17/h1-4,7-8,17,22,26,31,33H,5-6,9-16H2/t22-,26-,27-,28-,29+/m0/s1. The lowest BCUT2D eigenvalue weighted by Crippen LogP contribution is -2.79. The molecule has 5 nitrogen and oxygen atoms in total. The van der Waals surface area contributed by atoms with Gasteiger partial charge in [0.05, 0.1) is 11.0 Å². The van der Waals surface area contributed by atoms with E-state index in [0.29, 0.717) is 25.0 Å². The Hall–Kier alpha value is -2.37. The van der Waals surface area contributed by atoms with E-state index in [-0.39, 0.29) is 17.6 Å². The van der Waals surface area contributed by atoms with Crippen LogP contribution in [0.1, 0.15) is 54.4 Å². The normalized spacial score (nSPS) is 39.5. The second kappa shape index (κ2) is 6.24. The van der Waals surface area contributed by atoms with Crippen LogP contribution in [-0.4, -0.2) is 51.7 Å². The Morgan fingerprint density at radius 2 is 1.88 bits per heavy atom. The fourth-order valence-corrected chi connectivity index (χ4v) is 8.68. The molecule has 3 fully saturated rings. The molecule has 176 valence electrons. The van der Waals surface area contributed by atoms with Crippen molar-refractivity contribution in [3.8, 4) is 11.5 Å². The average molecular weight is 458 g/mol. The first kappa shape index (κ1) is 19.9. The Labute approximate surface area is 199 Å². The van der Waals surface area contributed by atoms with Crippen LogP contribution in [0.3, 0.4) is 0 Å². The van der Waals surface area contributed by atoms with E-state index in [1.807, 2.05) is 6.07 Å². The van der Waals surface area contributed by atoms with Gasteiger partial charge in [0.25, 0.3) is 0 Å². The number of benzene rings is 2. The molecule has 8 rings (SSSR count). The molecular weight excluding hydrogens is 426 g/mol. The molecular formula is C29H31NO4. The van der Waals surface area contributed by atoms with E-state index in [1.54, 1.807) is 6.07 Å². The van der Waals surface area contributed by atoms with Gasteiger partial charge in [-0.3, -0.25) is 9.69 Å². The van der Waals surface area contributed by atoms with Crippen molar-refractivity contribution in [2.24, 2.45) is 11.3 Å². The molecule has 5 heteroatoms. The third-order valence-corrected chi connectivity index (χ3v) is 10.4. The highest BCUT2D eigenvalue weighted by Gasteiger charge is 2.77. The lowest BCUT2D eigenvalue weighted by Gasteiger charge is -2.66. The topological polar surface area (TPSA) is 70.0 Å². The number of aryl methyl sites for hydroxylation is 1. The van der Waals surface area contributed by atoms with E-state index in [0.717, 1.165) is 49.4 Å². The zero-order valence-corrected chi connectivity index (χ0v) is 19.4. The molecule has 4 aliphatic carbocycles. The Balaban J connectivity index is 1.32. The molecule has 2 aromatic carbocycles. The van der Waals surface area contributed by atoms with Crippen LogP contribution in [0.15, 0.2) is 36.4 Å². The summed E-state index contributed by atoms with van der Waals surface area (Å²) in [6.07, 6.45) is 6.09. The summed E-state index contributed by atoms with van der Waals surface area (Å²) in [5, 5.41) is 23.7. The predicted molar refractivity (Wildman–Crippen MR) is 126 cm³/mol. The zero-order valence-electron chi connectivity index (χ0n) is 19.4. The first-order chi connectivity index (χ1) is 16.5. The molecule has 0 radical (unpaired) electrons. The van der Waals surface area contributed by atoms with Crippen molar-refractivity contribution in [1.82, 2.24) is 4.90 Å². The van der Waals surface area contributed by atoms with E-state index in [9.17, 15) is 15.0 Å². The number of phenols is 1. The number of phenolic OH excluding ortho intramolecular Hbond substituents is 1. The van der Waals surface area contributed by atoms with Crippen molar-refractivity contribution in [3.05, 3.63) is 58.7 Å². The van der Waals surface area contributed by atoms with Crippen LogP contribution in [-0.2, 0) is 29.5 Å². The largest absolute Gasteiger partial charge is 0.504 e. The summed E-state index contributed by atoms with van der Waals surface area (Å²) < 4.78 is 6.45. The summed E-state index contributed by atoms with van der Waals surface area (Å²) in [7, 11) is 0. The van der Waals surface area contributed by atoms with Crippen molar-refractivity contribution in [3.63, 3.8) is 0 Å². The van der Waals surface area contributed by atoms with E-state index in [1.165, 1.54) is 24.0 Å². The number of ketones is 1. The number of Topliss-reactive ketones (excluding diaryl/α,β-unsaturated/α-hetero) is 1. The van der Waals surface area contributed by atoms with Crippen LogP contribution >= 0.6 is 0 Å². The number of aromatic hydroxyl groups is 1. The van der Waals surface area contributed by atoms with Gasteiger partial charge in [0.2, 0.25) is 0 Å². The first-order valence-corrected chi connectivity index (χ1v) is 13.0. The monoisotopic (exact) mass is 457 g/mol. The molecule has 2 N–H and O–H groups in total. The van der Waals surface area contributed by atoms with Crippen molar-refractivity contribution in [2.75, 3.05) is 13.1 Å². The lowest BCUT2D eigenvalue weighted by molar-refractivity contribution is -0.211. The minimum Gasteiger partial charge on any atom is -0.504 e. The smallest absolute Gasteiger partial charge is 0.180 e. The maximum absolute atomic E-state index is 14.4. The summed E-state index contributed by atoms with van der Waals surface area (Å²) in [5.41, 5.74) is 2.22. The maximum Gasteiger partial charge on any atom is 0.180 e. The molecule has 2 aromatic rings. The second-order valence-corrected chi connectivity index (χ2v) is 12.0. The van der Waals surface area contributed by atoms with Crippen molar-refractivity contribution in [1.29, 1.82) is 0 Å². The van der Waals surface area contributed by atoms with Gasteiger partial charge in [0, 0.05) is 23.6 Å². The van der Waals surface area contributed by atoms with Crippen molar-refractivity contribution >= 4 is 5.78 Å². The third kappa shape index (κ3) is 2.22. The molecule has 2 heterocycles. The zero-order chi connectivity index (χ0) is 22.9. The van der Waals surface area contributed by atoms with Gasteiger partial charge in [-0.2, -0.15) is 0 Å². The second-order valence-electron chi connectivity index (χ2n) is 12.0. The lowest BCUT2D eigenvalue weighted by atomic mass is 9.43. The molecule has 2 spiro atoms. The van der Waals surface area contributed by atoms with E-state index < -0.39 is 22.5 Å². The Bertz CT molecular complexity index is 1250. The maximum atomic E-state index is 14.4. The van der Waals surface area contributed by atoms with Crippen LogP contribution in [0.25, 0.3) is 0 Å². The quantitative estimate of drug-likeness (QED) is 0.724. The summed E-state index contributed by atoms with van der Waals surface area (Å²) in [6, 6.07) is 12.1. The molecule has 6 aliphatic rings. The van der Waals surface area contributed by atoms with Gasteiger partial charge in [-0.25, -0.2) is 0 Å². The number of piperidine rings is 1. The van der Waals surface area contributed by atoms with E-state index >= 15 is 0 Å². The minimum atomic E-state index is -1.04. The molecule has 2 saturated carbocycles. The molecule has 5 atom stereocenters. The van der Waals surface area contributed by atoms with Crippen LogP contribution < -0.4 is 4.74 Å². The Morgan fingerprint density at radius 1 is 1.06 bits per heavy atom.